The van der Waals surface area contributed by atoms with E-state index in [1.165, 1.54) is 21.8 Å². The molecule has 1 aromatic carbocycles. The second-order valence-electron chi connectivity index (χ2n) is 5.34. The Bertz CT molecular complexity index is 859. The lowest BCUT2D eigenvalue weighted by Crippen LogP contribution is -2.30. The monoisotopic (exact) mass is 345 g/mol. The van der Waals surface area contributed by atoms with Gasteiger partial charge in [-0.05, 0) is 29.5 Å². The minimum absolute atomic E-state index is 0.0839. The standard InChI is InChI=1S/C15H16FN7O2/c1-3-12-17-18-13(25-12)8-22(2)14(24)9-23-20-15(19-21-23)10-4-6-11(16)7-5-10/h4-7H,3,8-9H2,1-2H3. The van der Waals surface area contributed by atoms with Crippen LogP contribution in [0.2, 0.25) is 0 Å². The molecule has 25 heavy (non-hydrogen) atoms. The first kappa shape index (κ1) is 16.7. The summed E-state index contributed by atoms with van der Waals surface area (Å²) in [5.41, 5.74) is 0.617. The second-order valence-corrected chi connectivity index (χ2v) is 5.34. The summed E-state index contributed by atoms with van der Waals surface area (Å²) in [4.78, 5) is 14.9. The maximum absolute atomic E-state index is 12.9. The predicted molar refractivity (Wildman–Crippen MR) is 83.4 cm³/mol. The summed E-state index contributed by atoms with van der Waals surface area (Å²) in [6, 6.07) is 5.71. The zero-order valence-electron chi connectivity index (χ0n) is 13.8. The SMILES string of the molecule is CCc1nnc(CN(C)C(=O)Cn2nnc(-c3ccc(F)cc3)n2)o1. The van der Waals surface area contributed by atoms with Crippen LogP contribution in [-0.2, 0) is 24.3 Å². The van der Waals surface area contributed by atoms with Crippen molar-refractivity contribution >= 4 is 5.91 Å². The highest BCUT2D eigenvalue weighted by molar-refractivity contribution is 5.75. The van der Waals surface area contributed by atoms with Gasteiger partial charge in [-0.2, -0.15) is 4.80 Å². The van der Waals surface area contributed by atoms with E-state index >= 15 is 0 Å². The molecule has 0 aliphatic carbocycles. The van der Waals surface area contributed by atoms with E-state index in [-0.39, 0.29) is 24.8 Å². The number of carbonyl (C=O) groups excluding carboxylic acids is 1. The quantitative estimate of drug-likeness (QED) is 0.658. The van der Waals surface area contributed by atoms with Crippen molar-refractivity contribution in [1.82, 2.24) is 35.3 Å². The molecule has 1 amide bonds. The number of amides is 1. The molecule has 0 aliphatic rings. The summed E-state index contributed by atoms with van der Waals surface area (Å²) < 4.78 is 18.3. The number of carbonyl (C=O) groups is 1. The molecular weight excluding hydrogens is 329 g/mol. The van der Waals surface area contributed by atoms with Gasteiger partial charge in [0.05, 0.1) is 6.54 Å². The molecule has 9 nitrogen and oxygen atoms in total. The van der Waals surface area contributed by atoms with Crippen molar-refractivity contribution in [2.45, 2.75) is 26.4 Å². The minimum Gasteiger partial charge on any atom is -0.423 e. The van der Waals surface area contributed by atoms with Crippen LogP contribution < -0.4 is 0 Å². The molecule has 0 fully saturated rings. The van der Waals surface area contributed by atoms with Crippen molar-refractivity contribution in [2.75, 3.05) is 7.05 Å². The molecule has 2 aromatic heterocycles. The Morgan fingerprint density at radius 3 is 2.60 bits per heavy atom. The average Bonchev–Trinajstić information content (AvgIpc) is 3.25. The molecular formula is C15H16FN7O2. The van der Waals surface area contributed by atoms with Gasteiger partial charge in [0, 0.05) is 19.0 Å². The molecule has 3 aromatic rings. The Kier molecular flexibility index (Phi) is 4.78. The van der Waals surface area contributed by atoms with Gasteiger partial charge in [0.1, 0.15) is 12.4 Å². The van der Waals surface area contributed by atoms with Crippen molar-refractivity contribution in [3.05, 3.63) is 41.9 Å². The number of halogens is 1. The van der Waals surface area contributed by atoms with E-state index in [1.807, 2.05) is 6.92 Å². The minimum atomic E-state index is -0.347. The number of likely N-dealkylation sites (N-methyl/N-ethyl adjacent to an activating group) is 1. The molecule has 0 radical (unpaired) electrons. The van der Waals surface area contributed by atoms with Gasteiger partial charge >= 0.3 is 0 Å². The van der Waals surface area contributed by atoms with E-state index in [2.05, 4.69) is 25.6 Å². The third-order valence-corrected chi connectivity index (χ3v) is 3.44. The average molecular weight is 345 g/mol. The fraction of sp³-hybridized carbons (Fsp3) is 0.333. The van der Waals surface area contributed by atoms with Gasteiger partial charge in [0.15, 0.2) is 0 Å². The third-order valence-electron chi connectivity index (χ3n) is 3.44. The van der Waals surface area contributed by atoms with Gasteiger partial charge in [0.25, 0.3) is 0 Å². The molecule has 0 N–H and O–H groups in total. The van der Waals surface area contributed by atoms with Gasteiger partial charge in [-0.3, -0.25) is 4.79 Å². The number of aromatic nitrogens is 6. The van der Waals surface area contributed by atoms with Crippen LogP contribution in [0.4, 0.5) is 4.39 Å². The van der Waals surface area contributed by atoms with E-state index in [1.54, 1.807) is 19.2 Å². The number of nitrogens with zero attached hydrogens (tertiary/aromatic N) is 7. The Morgan fingerprint density at radius 1 is 1.20 bits per heavy atom. The van der Waals surface area contributed by atoms with Crippen LogP contribution in [0.3, 0.4) is 0 Å². The lowest BCUT2D eigenvalue weighted by molar-refractivity contribution is -0.131. The van der Waals surface area contributed by atoms with Crippen LogP contribution in [0.1, 0.15) is 18.7 Å². The van der Waals surface area contributed by atoms with E-state index in [0.29, 0.717) is 29.6 Å². The highest BCUT2D eigenvalue weighted by Crippen LogP contribution is 2.13. The molecule has 10 heteroatoms. The van der Waals surface area contributed by atoms with E-state index < -0.39 is 0 Å². The van der Waals surface area contributed by atoms with Crippen molar-refractivity contribution in [1.29, 1.82) is 0 Å². The zero-order valence-corrected chi connectivity index (χ0v) is 13.8. The molecule has 0 aliphatic heterocycles. The van der Waals surface area contributed by atoms with E-state index in [4.69, 9.17) is 4.42 Å². The van der Waals surface area contributed by atoms with Gasteiger partial charge in [-0.25, -0.2) is 4.39 Å². The third kappa shape index (κ3) is 4.03. The van der Waals surface area contributed by atoms with Gasteiger partial charge in [-0.1, -0.05) is 6.92 Å². The van der Waals surface area contributed by atoms with Crippen LogP contribution in [0.15, 0.2) is 28.7 Å². The Morgan fingerprint density at radius 2 is 1.92 bits per heavy atom. The number of rotatable bonds is 6. The number of hydrogen-bond acceptors (Lipinski definition) is 7. The first-order chi connectivity index (χ1) is 12.0. The lowest BCUT2D eigenvalue weighted by Gasteiger charge is -2.13. The molecule has 3 rings (SSSR count). The van der Waals surface area contributed by atoms with E-state index in [0.717, 1.165) is 0 Å². The maximum Gasteiger partial charge on any atom is 0.246 e. The van der Waals surface area contributed by atoms with E-state index in [9.17, 15) is 9.18 Å². The fourth-order valence-electron chi connectivity index (χ4n) is 2.05. The number of hydrogen-bond donors (Lipinski definition) is 0. The highest BCUT2D eigenvalue weighted by Gasteiger charge is 2.16. The highest BCUT2D eigenvalue weighted by atomic mass is 19.1. The van der Waals surface area contributed by atoms with Crippen LogP contribution in [0.5, 0.6) is 0 Å². The lowest BCUT2D eigenvalue weighted by atomic mass is 10.2. The van der Waals surface area contributed by atoms with Crippen molar-refractivity contribution in [3.63, 3.8) is 0 Å². The molecule has 2 heterocycles. The predicted octanol–water partition coefficient (Wildman–Crippen LogP) is 1.08. The molecule has 0 spiro atoms. The molecule has 0 bridgehead atoms. The fourth-order valence-corrected chi connectivity index (χ4v) is 2.05. The van der Waals surface area contributed by atoms with Crippen LogP contribution in [0, 0.1) is 5.82 Å². The summed E-state index contributed by atoms with van der Waals surface area (Å²) >= 11 is 0. The maximum atomic E-state index is 12.9. The van der Waals surface area contributed by atoms with Crippen LogP contribution in [0.25, 0.3) is 11.4 Å². The Hall–Kier alpha value is -3.17. The molecule has 130 valence electrons. The summed E-state index contributed by atoms with van der Waals surface area (Å²) in [6.45, 7) is 2.02. The topological polar surface area (TPSA) is 103 Å². The normalized spacial score (nSPS) is 10.8. The zero-order chi connectivity index (χ0) is 17.8. The largest absolute Gasteiger partial charge is 0.423 e. The first-order valence-corrected chi connectivity index (χ1v) is 7.64. The first-order valence-electron chi connectivity index (χ1n) is 7.64. The van der Waals surface area contributed by atoms with Crippen LogP contribution >= 0.6 is 0 Å². The van der Waals surface area contributed by atoms with Gasteiger partial charge in [0.2, 0.25) is 23.5 Å². The van der Waals surface area contributed by atoms with Crippen molar-refractivity contribution in [3.8, 4) is 11.4 Å². The number of aryl methyl sites for hydroxylation is 1. The summed E-state index contributed by atoms with van der Waals surface area (Å²) in [5, 5.41) is 19.6. The molecule has 0 unspecified atom stereocenters. The smallest absolute Gasteiger partial charge is 0.246 e. The Balaban J connectivity index is 1.61. The molecule has 0 saturated heterocycles. The molecule has 0 saturated carbocycles. The summed E-state index contributed by atoms with van der Waals surface area (Å²) in [7, 11) is 1.62. The van der Waals surface area contributed by atoms with Gasteiger partial charge in [-0.15, -0.1) is 20.4 Å². The van der Waals surface area contributed by atoms with Crippen molar-refractivity contribution in [2.24, 2.45) is 0 Å². The summed E-state index contributed by atoms with van der Waals surface area (Å²) in [5.74, 6) is 0.628. The molecule has 0 atom stereocenters. The summed E-state index contributed by atoms with van der Waals surface area (Å²) in [6.07, 6.45) is 0.639. The second kappa shape index (κ2) is 7.16. The number of benzene rings is 1. The van der Waals surface area contributed by atoms with Crippen LogP contribution in [-0.4, -0.2) is 48.3 Å². The van der Waals surface area contributed by atoms with Gasteiger partial charge < -0.3 is 9.32 Å². The Labute approximate surface area is 142 Å². The number of tetrazole rings is 1. The van der Waals surface area contributed by atoms with Crippen molar-refractivity contribution < 1.29 is 13.6 Å².